The number of rotatable bonds is 10. The molecule has 0 saturated heterocycles. The minimum Gasteiger partial charge on any atom is -0.305 e. The summed E-state index contributed by atoms with van der Waals surface area (Å²) < 4.78 is 39.1. The van der Waals surface area contributed by atoms with Crippen molar-refractivity contribution in [3.8, 4) is 112 Å². The maximum Gasteiger partial charge on any atom is 0.0629 e. The zero-order chi connectivity index (χ0) is 76.6. The van der Waals surface area contributed by atoms with Crippen molar-refractivity contribution in [2.75, 3.05) is 0 Å². The van der Waals surface area contributed by atoms with Crippen LogP contribution in [0.2, 0.25) is 0 Å². The van der Waals surface area contributed by atoms with Crippen LogP contribution in [0.15, 0.2) is 340 Å². The topological polar surface area (TPSA) is 77.3 Å². The Morgan fingerprint density at radius 2 is 0.685 bits per heavy atom. The molecule has 0 N–H and O–H groups in total. The standard InChI is InChI=1S/2C20H18N.2C17H12N.2C12H10N.4Ir/c2*1-14-9-15(2)11-18(10-14)20-12-16(3)19(13-21-20)17-7-5-4-6-8-17;1-3-7-14(8-4-1)16-11-12-17(18-13-16)15-9-5-2-6-10-15;1-2-7-14(8-3-1)15-9-6-10-16(13-15)17-11-4-5-12-18-17;2*1-10-6-5-9-13-12(10)11-7-3-2-4-8-11;;;;/h2*4-10,12-13H,1-3H3;2*1-9,11-13H;2*2-7,9H,1H3;;;;/q6*-1;;;;/i;;1D,3D,4D,7D,8D;;;;;;;. The number of pyridine rings is 6. The van der Waals surface area contributed by atoms with Gasteiger partial charge in [0, 0.05) is 129 Å². The van der Waals surface area contributed by atoms with E-state index in [4.69, 9.17) is 6.85 Å². The van der Waals surface area contributed by atoms with Gasteiger partial charge in [-0.25, -0.2) is 0 Å². The molecule has 0 atom stereocenters. The van der Waals surface area contributed by atoms with Gasteiger partial charge in [-0.05, 0) is 119 Å². The molecule has 0 bridgehead atoms. The van der Waals surface area contributed by atoms with E-state index in [0.717, 1.165) is 73.0 Å². The fraction of sp³-hybridized carbons (Fsp3) is 0.0816. The van der Waals surface area contributed by atoms with Gasteiger partial charge in [0.15, 0.2) is 0 Å². The number of nitrogens with zero attached hydrogens (tertiary/aromatic N) is 6. The molecule has 6 aromatic heterocycles. The van der Waals surface area contributed by atoms with Crippen molar-refractivity contribution >= 4 is 0 Å². The Hall–Kier alpha value is -10.3. The van der Waals surface area contributed by atoms with Crippen molar-refractivity contribution in [1.29, 1.82) is 0 Å². The van der Waals surface area contributed by atoms with Gasteiger partial charge >= 0.3 is 0 Å². The summed E-state index contributed by atoms with van der Waals surface area (Å²) in [4.78, 5) is 26.6. The second-order valence-electron chi connectivity index (χ2n) is 24.7. The largest absolute Gasteiger partial charge is 0.305 e. The number of aryl methyl sites for hydroxylation is 8. The molecule has 0 spiro atoms. The van der Waals surface area contributed by atoms with E-state index < -0.39 is 6.04 Å². The van der Waals surface area contributed by atoms with Gasteiger partial charge in [0.1, 0.15) is 0 Å². The van der Waals surface area contributed by atoms with Crippen LogP contribution in [0, 0.1) is 91.8 Å². The molecule has 0 fully saturated rings. The first-order valence-electron chi connectivity index (χ1n) is 36.8. The number of hydrogen-bond donors (Lipinski definition) is 0. The van der Waals surface area contributed by atoms with Gasteiger partial charge in [0.05, 0.1) is 6.85 Å². The fourth-order valence-electron chi connectivity index (χ4n) is 11.5. The summed E-state index contributed by atoms with van der Waals surface area (Å²) in [5, 5.41) is 0. The van der Waals surface area contributed by atoms with Crippen LogP contribution in [0.5, 0.6) is 0 Å². The third-order valence-electron chi connectivity index (χ3n) is 16.6. The van der Waals surface area contributed by atoms with E-state index >= 15 is 0 Å². The van der Waals surface area contributed by atoms with Gasteiger partial charge in [0.25, 0.3) is 0 Å². The Balaban J connectivity index is 0.000000189. The Kier molecular flexibility index (Phi) is 31.6. The first-order valence-corrected chi connectivity index (χ1v) is 34.3. The van der Waals surface area contributed by atoms with Crippen LogP contribution in [0.25, 0.3) is 112 Å². The maximum atomic E-state index is 7.98. The van der Waals surface area contributed by atoms with Crippen LogP contribution in [0.1, 0.15) is 51.4 Å². The summed E-state index contributed by atoms with van der Waals surface area (Å²) in [5.41, 5.74) is 29.2. The first-order chi connectivity index (χ1) is 53.0. The van der Waals surface area contributed by atoms with Crippen molar-refractivity contribution in [1.82, 2.24) is 29.9 Å². The van der Waals surface area contributed by atoms with Crippen LogP contribution in [0.4, 0.5) is 0 Å². The molecule has 0 aliphatic rings. The molecule has 4 radical (unpaired) electrons. The Morgan fingerprint density at radius 3 is 1.10 bits per heavy atom. The van der Waals surface area contributed by atoms with Crippen LogP contribution in [0.3, 0.4) is 0 Å². The van der Waals surface area contributed by atoms with Gasteiger partial charge in [-0.15, -0.1) is 213 Å². The summed E-state index contributed by atoms with van der Waals surface area (Å²) in [5.74, 6) is 0. The quantitative estimate of drug-likeness (QED) is 0.127. The molecule has 10 aromatic carbocycles. The van der Waals surface area contributed by atoms with Crippen molar-refractivity contribution in [3.63, 3.8) is 0 Å². The fourth-order valence-corrected chi connectivity index (χ4v) is 11.5. The molecule has 16 aromatic rings. The van der Waals surface area contributed by atoms with E-state index in [9.17, 15) is 0 Å². The Bertz CT molecular complexity index is 5300. The molecule has 10 heteroatoms. The molecular weight excluding hydrogens is 2030 g/mol. The molecule has 0 aliphatic carbocycles. The monoisotopic (exact) mass is 2120 g/mol. The van der Waals surface area contributed by atoms with Crippen LogP contribution < -0.4 is 0 Å². The van der Waals surface area contributed by atoms with Gasteiger partial charge < -0.3 is 29.9 Å². The van der Waals surface area contributed by atoms with E-state index in [1.165, 1.54) is 73.0 Å². The molecular formula is C98H80Ir4N6-6. The van der Waals surface area contributed by atoms with Crippen molar-refractivity contribution in [3.05, 3.63) is 421 Å². The summed E-state index contributed by atoms with van der Waals surface area (Å²) >= 11 is 0. The van der Waals surface area contributed by atoms with Gasteiger partial charge in [-0.2, -0.15) is 0 Å². The van der Waals surface area contributed by atoms with E-state index in [2.05, 4.69) is 243 Å². The summed E-state index contributed by atoms with van der Waals surface area (Å²) in [6, 6.07) is 109. The zero-order valence-electron chi connectivity index (χ0n) is 66.0. The third-order valence-corrected chi connectivity index (χ3v) is 16.6. The van der Waals surface area contributed by atoms with Gasteiger partial charge in [-0.3, -0.25) is 0 Å². The molecule has 0 amide bonds. The molecule has 16 rings (SSSR count). The Morgan fingerprint density at radius 1 is 0.259 bits per heavy atom. The van der Waals surface area contributed by atoms with Crippen molar-refractivity contribution in [2.45, 2.75) is 55.4 Å². The van der Waals surface area contributed by atoms with Crippen molar-refractivity contribution in [2.24, 2.45) is 0 Å². The van der Waals surface area contributed by atoms with Crippen LogP contribution in [-0.2, 0) is 80.4 Å². The normalized spacial score (nSPS) is 10.6. The van der Waals surface area contributed by atoms with Crippen molar-refractivity contribution < 1.29 is 87.3 Å². The molecule has 0 aliphatic heterocycles. The van der Waals surface area contributed by atoms with E-state index in [1.807, 2.05) is 158 Å². The summed E-state index contributed by atoms with van der Waals surface area (Å²) in [6.45, 7) is 16.7. The summed E-state index contributed by atoms with van der Waals surface area (Å²) in [6.07, 6.45) is 10.9. The molecule has 0 unspecified atom stereocenters. The molecule has 544 valence electrons. The molecule has 108 heavy (non-hydrogen) atoms. The maximum absolute atomic E-state index is 7.98. The zero-order valence-corrected chi connectivity index (χ0v) is 70.5. The third kappa shape index (κ3) is 24.9. The minimum atomic E-state index is -0.396. The average molecular weight is 2120 g/mol. The minimum absolute atomic E-state index is 0. The molecule has 0 saturated carbocycles. The van der Waals surface area contributed by atoms with Gasteiger partial charge in [-0.1, -0.05) is 209 Å². The first kappa shape index (κ1) is 77.3. The van der Waals surface area contributed by atoms with E-state index in [1.54, 1.807) is 24.4 Å². The molecule has 6 heterocycles. The van der Waals surface area contributed by atoms with Crippen LogP contribution in [-0.4, -0.2) is 29.9 Å². The second-order valence-corrected chi connectivity index (χ2v) is 24.7. The van der Waals surface area contributed by atoms with E-state index in [0.29, 0.717) is 11.3 Å². The average Bonchev–Trinajstić information content (AvgIpc) is 0.760. The Labute approximate surface area is 699 Å². The smallest absolute Gasteiger partial charge is 0.0629 e. The number of hydrogen-bond acceptors (Lipinski definition) is 6. The number of benzene rings is 10. The number of aromatic nitrogens is 6. The molecule has 6 nitrogen and oxygen atoms in total. The predicted octanol–water partition coefficient (Wildman–Crippen LogP) is 24.4. The van der Waals surface area contributed by atoms with Gasteiger partial charge in [0.2, 0.25) is 0 Å². The second kappa shape index (κ2) is 44.1. The van der Waals surface area contributed by atoms with Crippen LogP contribution >= 0.6 is 0 Å². The summed E-state index contributed by atoms with van der Waals surface area (Å²) in [7, 11) is 0. The predicted molar refractivity (Wildman–Crippen MR) is 431 cm³/mol. The van der Waals surface area contributed by atoms with E-state index in [-0.39, 0.29) is 110 Å². The SMILES string of the molecule is Cc1[c-]c(-c2cc(C)c(-c3ccccc3)cn2)cc(C)c1.Cc1[c-]c(-c2cc(C)c(-c3ccccc3)cn2)cc(C)c1.Cc1cccnc1-c1[c-]cccc1.Cc1cccnc1-c1[c-]cccc1.[2H]c1c([2H])c([2H])c(-c2ccc(-c3[c-]cccc3)nc2)c([2H])c1[2H].[Ir].[Ir].[Ir].[Ir].[c-]1ccc(-c2ccccc2)cc1-c1ccccn1.